The lowest BCUT2D eigenvalue weighted by Crippen LogP contribution is -2.59. The Hall–Kier alpha value is -1.46. The van der Waals surface area contributed by atoms with E-state index in [0.717, 1.165) is 39.0 Å². The van der Waals surface area contributed by atoms with Crippen molar-refractivity contribution >= 4 is 31.9 Å². The van der Waals surface area contributed by atoms with Crippen LogP contribution in [0.2, 0.25) is 0 Å². The Balaban J connectivity index is 1.43. The van der Waals surface area contributed by atoms with Gasteiger partial charge in [0, 0.05) is 47.2 Å². The molecule has 0 aromatic heterocycles. The normalized spacial score (nSPS) is 21.8. The monoisotopic (exact) mass is 524 g/mol. The molecule has 0 N–H and O–H groups in total. The second-order valence-electron chi connectivity index (χ2n) is 8.60. The van der Waals surface area contributed by atoms with E-state index in [-0.39, 0.29) is 0 Å². The number of nitrogens with zero attached hydrogens (tertiary/aromatic N) is 2. The Kier molecular flexibility index (Phi) is 6.10. The van der Waals surface area contributed by atoms with Gasteiger partial charge in [-0.1, -0.05) is 80.4 Å². The van der Waals surface area contributed by atoms with Crippen LogP contribution >= 0.6 is 31.9 Å². The van der Waals surface area contributed by atoms with E-state index in [9.17, 15) is 0 Å². The van der Waals surface area contributed by atoms with Gasteiger partial charge in [-0.15, -0.1) is 0 Å². The topological polar surface area (TPSA) is 6.48 Å². The molecule has 3 aromatic rings. The summed E-state index contributed by atoms with van der Waals surface area (Å²) in [5.41, 5.74) is 5.85. The zero-order chi connectivity index (χ0) is 20.5. The third kappa shape index (κ3) is 4.57. The quantitative estimate of drug-likeness (QED) is 0.408. The summed E-state index contributed by atoms with van der Waals surface area (Å²) in [5, 5.41) is 0. The van der Waals surface area contributed by atoms with Gasteiger partial charge in [-0.05, 0) is 59.4 Å². The molecular formula is C26H26Br2N2. The standard InChI is InChI=1S/C26H26Br2N2/c27-23-9-3-5-19(11-23)15-29-18-26-14-22-8-2-1-7-21(22)13-25(29)17-30(26)16-20-6-4-10-24(28)12-20/h1-12,25-26H,13-18H2. The van der Waals surface area contributed by atoms with Crippen LogP contribution in [-0.4, -0.2) is 35.0 Å². The van der Waals surface area contributed by atoms with Gasteiger partial charge >= 0.3 is 0 Å². The summed E-state index contributed by atoms with van der Waals surface area (Å²) >= 11 is 7.28. The summed E-state index contributed by atoms with van der Waals surface area (Å²) in [6.45, 7) is 4.29. The van der Waals surface area contributed by atoms with E-state index in [1.54, 1.807) is 0 Å². The number of halogens is 2. The average Bonchev–Trinajstić information content (AvgIpc) is 2.70. The number of rotatable bonds is 4. The van der Waals surface area contributed by atoms with Crippen LogP contribution in [0.1, 0.15) is 22.3 Å². The number of piperazine rings is 1. The van der Waals surface area contributed by atoms with Crippen molar-refractivity contribution < 1.29 is 0 Å². The molecule has 30 heavy (non-hydrogen) atoms. The smallest absolute Gasteiger partial charge is 0.0268 e. The van der Waals surface area contributed by atoms with Crippen LogP contribution in [0.5, 0.6) is 0 Å². The fourth-order valence-corrected chi connectivity index (χ4v) is 5.94. The van der Waals surface area contributed by atoms with E-state index >= 15 is 0 Å². The average molecular weight is 526 g/mol. The number of benzene rings is 3. The first-order valence-electron chi connectivity index (χ1n) is 10.7. The Morgan fingerprint density at radius 3 is 1.53 bits per heavy atom. The van der Waals surface area contributed by atoms with E-state index in [1.807, 2.05) is 0 Å². The molecular weight excluding hydrogens is 500 g/mol. The lowest BCUT2D eigenvalue weighted by molar-refractivity contribution is 0.0140. The zero-order valence-corrected chi connectivity index (χ0v) is 20.1. The Bertz CT molecular complexity index is 952. The van der Waals surface area contributed by atoms with Gasteiger partial charge < -0.3 is 0 Å². The molecule has 6 rings (SSSR count). The van der Waals surface area contributed by atoms with Crippen molar-refractivity contribution in [2.75, 3.05) is 13.1 Å². The van der Waals surface area contributed by atoms with Crippen molar-refractivity contribution in [1.29, 1.82) is 0 Å². The van der Waals surface area contributed by atoms with Crippen LogP contribution in [0, 0.1) is 0 Å². The van der Waals surface area contributed by atoms with Gasteiger partial charge in [0.25, 0.3) is 0 Å². The van der Waals surface area contributed by atoms with E-state index < -0.39 is 0 Å². The van der Waals surface area contributed by atoms with Crippen LogP contribution in [0.3, 0.4) is 0 Å². The molecule has 2 bridgehead atoms. The van der Waals surface area contributed by atoms with Crippen molar-refractivity contribution in [2.45, 2.75) is 38.0 Å². The van der Waals surface area contributed by atoms with Crippen LogP contribution < -0.4 is 0 Å². The Morgan fingerprint density at radius 2 is 1.10 bits per heavy atom. The fraction of sp³-hybridized carbons (Fsp3) is 0.308. The van der Waals surface area contributed by atoms with E-state index in [0.29, 0.717) is 12.1 Å². The Labute approximate surface area is 196 Å². The summed E-state index contributed by atoms with van der Waals surface area (Å²) in [6, 6.07) is 27.7. The molecule has 0 spiro atoms. The molecule has 2 unspecified atom stereocenters. The maximum atomic E-state index is 3.64. The van der Waals surface area contributed by atoms with Crippen LogP contribution in [0.4, 0.5) is 0 Å². The van der Waals surface area contributed by atoms with Crippen molar-refractivity contribution in [2.24, 2.45) is 0 Å². The predicted molar refractivity (Wildman–Crippen MR) is 131 cm³/mol. The Morgan fingerprint density at radius 1 is 0.633 bits per heavy atom. The van der Waals surface area contributed by atoms with E-state index in [2.05, 4.69) is 114 Å². The first-order valence-corrected chi connectivity index (χ1v) is 12.3. The molecule has 0 saturated carbocycles. The number of fused-ring (bicyclic) bond motifs is 2. The summed E-state index contributed by atoms with van der Waals surface area (Å²) in [5.74, 6) is 0. The highest BCUT2D eigenvalue weighted by Gasteiger charge is 2.36. The molecule has 4 heteroatoms. The third-order valence-electron chi connectivity index (χ3n) is 6.50. The fourth-order valence-electron chi connectivity index (χ4n) is 5.05. The van der Waals surface area contributed by atoms with Crippen LogP contribution in [0.15, 0.2) is 81.7 Å². The maximum Gasteiger partial charge on any atom is 0.0268 e. The van der Waals surface area contributed by atoms with Crippen molar-refractivity contribution in [1.82, 2.24) is 9.80 Å². The number of hydrogen-bond donors (Lipinski definition) is 0. The van der Waals surface area contributed by atoms with Gasteiger partial charge in [-0.25, -0.2) is 0 Å². The molecule has 0 amide bonds. The first kappa shape index (κ1) is 20.4. The lowest BCUT2D eigenvalue weighted by Gasteiger charge is -2.49. The van der Waals surface area contributed by atoms with Crippen LogP contribution in [-0.2, 0) is 25.9 Å². The molecule has 2 nitrogen and oxygen atoms in total. The third-order valence-corrected chi connectivity index (χ3v) is 7.49. The second kappa shape index (κ2) is 8.96. The molecule has 3 aliphatic rings. The SMILES string of the molecule is Brc1cccc(CN2CC3Cc4ccccc4CC2CN3Cc2cccc(Br)c2)c1. The molecule has 3 heterocycles. The van der Waals surface area contributed by atoms with Crippen molar-refractivity contribution in [3.8, 4) is 0 Å². The molecule has 1 fully saturated rings. The molecule has 154 valence electrons. The van der Waals surface area contributed by atoms with Gasteiger partial charge in [0.2, 0.25) is 0 Å². The maximum absolute atomic E-state index is 3.64. The van der Waals surface area contributed by atoms with Crippen LogP contribution in [0.25, 0.3) is 0 Å². The second-order valence-corrected chi connectivity index (χ2v) is 10.4. The molecule has 3 aromatic carbocycles. The summed E-state index contributed by atoms with van der Waals surface area (Å²) < 4.78 is 2.33. The van der Waals surface area contributed by atoms with Gasteiger partial charge in [0.05, 0.1) is 0 Å². The minimum atomic E-state index is 0.536. The molecule has 0 aliphatic carbocycles. The van der Waals surface area contributed by atoms with E-state index in [1.165, 1.54) is 31.2 Å². The minimum absolute atomic E-state index is 0.536. The largest absolute Gasteiger partial charge is 0.293 e. The molecule has 0 radical (unpaired) electrons. The molecule has 2 atom stereocenters. The minimum Gasteiger partial charge on any atom is -0.293 e. The summed E-state index contributed by atoms with van der Waals surface area (Å²) in [6.07, 6.45) is 2.26. The zero-order valence-electron chi connectivity index (χ0n) is 17.0. The lowest BCUT2D eigenvalue weighted by atomic mass is 9.87. The van der Waals surface area contributed by atoms with E-state index in [4.69, 9.17) is 0 Å². The van der Waals surface area contributed by atoms with Crippen molar-refractivity contribution in [3.05, 3.63) is 104 Å². The predicted octanol–water partition coefficient (Wildman–Crippen LogP) is 6.07. The highest BCUT2D eigenvalue weighted by Crippen LogP contribution is 2.30. The summed E-state index contributed by atoms with van der Waals surface area (Å²) in [7, 11) is 0. The van der Waals surface area contributed by atoms with Gasteiger partial charge in [0.15, 0.2) is 0 Å². The number of hydrogen-bond acceptors (Lipinski definition) is 2. The molecule has 1 saturated heterocycles. The van der Waals surface area contributed by atoms with Gasteiger partial charge in [-0.2, -0.15) is 0 Å². The highest BCUT2D eigenvalue weighted by atomic mass is 79.9. The van der Waals surface area contributed by atoms with Crippen molar-refractivity contribution in [3.63, 3.8) is 0 Å². The molecule has 3 aliphatic heterocycles. The highest BCUT2D eigenvalue weighted by molar-refractivity contribution is 9.10. The first-order chi connectivity index (χ1) is 14.6. The van der Waals surface area contributed by atoms with Gasteiger partial charge in [-0.3, -0.25) is 9.80 Å². The van der Waals surface area contributed by atoms with Gasteiger partial charge in [0.1, 0.15) is 0 Å². The summed E-state index contributed by atoms with van der Waals surface area (Å²) in [4.78, 5) is 5.44.